The second-order valence-electron chi connectivity index (χ2n) is 9.89. The Balaban J connectivity index is 1.23. The monoisotopic (exact) mass is 468 g/mol. The molecule has 0 atom stereocenters. The van der Waals surface area contributed by atoms with Crippen LogP contribution in [-0.2, 0) is 7.05 Å². The number of aryl methyl sites for hydroxylation is 3. The van der Waals surface area contributed by atoms with Crippen LogP contribution in [0.15, 0.2) is 77.6 Å². The van der Waals surface area contributed by atoms with Gasteiger partial charge in [0, 0.05) is 44.1 Å². The molecule has 0 unspecified atom stereocenters. The van der Waals surface area contributed by atoms with Gasteiger partial charge in [-0.15, -0.1) is 0 Å². The van der Waals surface area contributed by atoms with Crippen LogP contribution in [0.1, 0.15) is 36.4 Å². The lowest BCUT2D eigenvalue weighted by molar-refractivity contribution is 0.185. The van der Waals surface area contributed by atoms with Gasteiger partial charge in [-0.05, 0) is 87.2 Å². The molecule has 5 heteroatoms. The van der Waals surface area contributed by atoms with Crippen molar-refractivity contribution in [1.29, 1.82) is 0 Å². The fraction of sp³-hybridized carbons (Fsp3) is 0.367. The van der Waals surface area contributed by atoms with E-state index in [0.29, 0.717) is 0 Å². The van der Waals surface area contributed by atoms with Crippen molar-refractivity contribution in [3.63, 3.8) is 0 Å². The van der Waals surface area contributed by atoms with E-state index in [-0.39, 0.29) is 11.7 Å². The predicted octanol–water partition coefficient (Wildman–Crippen LogP) is 5.82. The number of piperidine rings is 1. The van der Waals surface area contributed by atoms with E-state index in [1.54, 1.807) is 0 Å². The highest BCUT2D eigenvalue weighted by atomic mass is 16.1. The van der Waals surface area contributed by atoms with Crippen molar-refractivity contribution in [2.24, 2.45) is 7.05 Å². The number of para-hydroxylation sites is 2. The molecule has 2 heterocycles. The molecule has 0 saturated carbocycles. The number of aromatic nitrogens is 2. The smallest absolute Gasteiger partial charge is 0.329 e. The summed E-state index contributed by atoms with van der Waals surface area (Å²) in [5, 5.41) is 0. The number of hydrogen-bond acceptors (Lipinski definition) is 3. The van der Waals surface area contributed by atoms with E-state index in [4.69, 9.17) is 0 Å². The first-order valence-electron chi connectivity index (χ1n) is 12.8. The summed E-state index contributed by atoms with van der Waals surface area (Å²) in [5.74, 6) is 0. The number of benzene rings is 3. The highest BCUT2D eigenvalue weighted by Gasteiger charge is 2.25. The van der Waals surface area contributed by atoms with Gasteiger partial charge in [-0.1, -0.05) is 36.4 Å². The molecule has 0 radical (unpaired) electrons. The van der Waals surface area contributed by atoms with Crippen molar-refractivity contribution in [2.75, 3.05) is 31.1 Å². The lowest BCUT2D eigenvalue weighted by Crippen LogP contribution is -2.38. The third-order valence-electron chi connectivity index (χ3n) is 7.62. The van der Waals surface area contributed by atoms with Crippen molar-refractivity contribution < 1.29 is 0 Å². The predicted molar refractivity (Wildman–Crippen MR) is 146 cm³/mol. The molecule has 5 rings (SSSR count). The molecule has 5 nitrogen and oxygen atoms in total. The van der Waals surface area contributed by atoms with E-state index in [1.807, 2.05) is 11.6 Å². The maximum atomic E-state index is 13.1. The maximum Gasteiger partial charge on any atom is 0.329 e. The third kappa shape index (κ3) is 4.78. The summed E-state index contributed by atoms with van der Waals surface area (Å²) in [7, 11) is 1.90. The van der Waals surface area contributed by atoms with Crippen molar-refractivity contribution in [3.05, 3.63) is 94.4 Å². The Hall–Kier alpha value is -3.31. The van der Waals surface area contributed by atoms with E-state index in [2.05, 4.69) is 101 Å². The number of rotatable bonds is 7. The van der Waals surface area contributed by atoms with Crippen LogP contribution in [0.4, 0.5) is 11.4 Å². The summed E-state index contributed by atoms with van der Waals surface area (Å²) in [6, 6.07) is 25.9. The Morgan fingerprint density at radius 3 is 1.94 bits per heavy atom. The summed E-state index contributed by atoms with van der Waals surface area (Å²) < 4.78 is 3.88. The minimum Gasteiger partial charge on any atom is -0.341 e. The second-order valence-corrected chi connectivity index (χ2v) is 9.89. The first-order chi connectivity index (χ1) is 17.0. The average Bonchev–Trinajstić information content (AvgIpc) is 3.12. The SMILES string of the molecule is Cc1cc2c(cc1C)n(C1CCN(CCCN(c3ccccc3)c3ccccc3)CC1)c(=O)n2C. The van der Waals surface area contributed by atoms with Gasteiger partial charge < -0.3 is 9.80 Å². The van der Waals surface area contributed by atoms with E-state index in [0.717, 1.165) is 56.5 Å². The number of fused-ring (bicyclic) bond motifs is 1. The van der Waals surface area contributed by atoms with E-state index >= 15 is 0 Å². The fourth-order valence-electron chi connectivity index (χ4n) is 5.44. The van der Waals surface area contributed by atoms with Crippen LogP contribution in [0.25, 0.3) is 11.0 Å². The maximum absolute atomic E-state index is 13.1. The molecule has 1 aliphatic rings. The summed E-state index contributed by atoms with van der Waals surface area (Å²) in [6.07, 6.45) is 3.14. The molecule has 1 aromatic heterocycles. The van der Waals surface area contributed by atoms with Gasteiger partial charge in [0.2, 0.25) is 0 Å². The summed E-state index contributed by atoms with van der Waals surface area (Å²) in [6.45, 7) is 8.38. The molecule has 0 spiro atoms. The number of likely N-dealkylation sites (tertiary alicyclic amines) is 1. The van der Waals surface area contributed by atoms with Gasteiger partial charge in [-0.3, -0.25) is 9.13 Å². The van der Waals surface area contributed by atoms with Crippen LogP contribution in [0.3, 0.4) is 0 Å². The zero-order valence-electron chi connectivity index (χ0n) is 21.2. The van der Waals surface area contributed by atoms with Crippen LogP contribution in [0.2, 0.25) is 0 Å². The van der Waals surface area contributed by atoms with Crippen LogP contribution in [0, 0.1) is 13.8 Å². The van der Waals surface area contributed by atoms with E-state index in [1.165, 1.54) is 22.5 Å². The highest BCUT2D eigenvalue weighted by Crippen LogP contribution is 2.28. The number of nitrogens with zero attached hydrogens (tertiary/aromatic N) is 4. The molecular weight excluding hydrogens is 432 g/mol. The molecular formula is C30H36N4O. The lowest BCUT2D eigenvalue weighted by Gasteiger charge is -2.33. The number of hydrogen-bond donors (Lipinski definition) is 0. The second kappa shape index (κ2) is 10.1. The van der Waals surface area contributed by atoms with Gasteiger partial charge in [-0.2, -0.15) is 0 Å². The van der Waals surface area contributed by atoms with Gasteiger partial charge in [0.15, 0.2) is 0 Å². The summed E-state index contributed by atoms with van der Waals surface area (Å²) >= 11 is 0. The molecule has 0 bridgehead atoms. The van der Waals surface area contributed by atoms with Crippen LogP contribution in [-0.4, -0.2) is 40.2 Å². The molecule has 0 N–H and O–H groups in total. The average molecular weight is 469 g/mol. The van der Waals surface area contributed by atoms with Crippen molar-refractivity contribution in [1.82, 2.24) is 14.0 Å². The van der Waals surface area contributed by atoms with Crippen molar-refractivity contribution in [2.45, 2.75) is 39.2 Å². The molecule has 0 amide bonds. The topological polar surface area (TPSA) is 33.4 Å². The largest absolute Gasteiger partial charge is 0.341 e. The van der Waals surface area contributed by atoms with Gasteiger partial charge >= 0.3 is 5.69 Å². The quantitative estimate of drug-likeness (QED) is 0.343. The zero-order valence-corrected chi connectivity index (χ0v) is 21.2. The Morgan fingerprint density at radius 1 is 0.829 bits per heavy atom. The van der Waals surface area contributed by atoms with E-state index < -0.39 is 0 Å². The molecule has 182 valence electrons. The fourth-order valence-corrected chi connectivity index (χ4v) is 5.44. The van der Waals surface area contributed by atoms with Crippen LogP contribution in [0.5, 0.6) is 0 Å². The zero-order chi connectivity index (χ0) is 24.4. The minimum absolute atomic E-state index is 0.116. The number of anilines is 2. The Morgan fingerprint density at radius 2 is 1.37 bits per heavy atom. The van der Waals surface area contributed by atoms with Gasteiger partial charge in [0.1, 0.15) is 0 Å². The molecule has 35 heavy (non-hydrogen) atoms. The number of imidazole rings is 1. The van der Waals surface area contributed by atoms with Crippen LogP contribution >= 0.6 is 0 Å². The van der Waals surface area contributed by atoms with Gasteiger partial charge in [-0.25, -0.2) is 4.79 Å². The first-order valence-corrected chi connectivity index (χ1v) is 12.8. The Labute approximate surface area is 208 Å². The van der Waals surface area contributed by atoms with Crippen molar-refractivity contribution >= 4 is 22.4 Å². The molecule has 1 saturated heterocycles. The van der Waals surface area contributed by atoms with Gasteiger partial charge in [0.25, 0.3) is 0 Å². The first kappa shape index (κ1) is 23.4. The molecule has 1 fully saturated rings. The van der Waals surface area contributed by atoms with Gasteiger partial charge in [0.05, 0.1) is 11.0 Å². The molecule has 4 aromatic rings. The third-order valence-corrected chi connectivity index (χ3v) is 7.62. The standard InChI is InChI=1S/C30H36N4O/c1-23-21-28-29(22-24(23)2)34(30(35)31(28)3)27-15-19-32(20-16-27)17-10-18-33(25-11-6-4-7-12-25)26-13-8-5-9-14-26/h4-9,11-14,21-22,27H,10,15-20H2,1-3H3. The normalized spacial score (nSPS) is 15.1. The minimum atomic E-state index is 0.116. The van der Waals surface area contributed by atoms with E-state index in [9.17, 15) is 4.79 Å². The summed E-state index contributed by atoms with van der Waals surface area (Å²) in [4.78, 5) is 18.1. The van der Waals surface area contributed by atoms with Crippen LogP contribution < -0.4 is 10.6 Å². The van der Waals surface area contributed by atoms with Crippen molar-refractivity contribution in [3.8, 4) is 0 Å². The Kier molecular flexibility index (Phi) is 6.78. The molecule has 1 aliphatic heterocycles. The lowest BCUT2D eigenvalue weighted by atomic mass is 10.0. The summed E-state index contributed by atoms with van der Waals surface area (Å²) in [5.41, 5.74) is 7.19. The molecule has 0 aliphatic carbocycles. The highest BCUT2D eigenvalue weighted by molar-refractivity contribution is 5.78. The Bertz CT molecular complexity index is 1290. The molecule has 3 aromatic carbocycles.